The highest BCUT2D eigenvalue weighted by Gasteiger charge is 2.07. The number of rotatable bonds is 6. The molecular formula is C13H22N2O2S. The van der Waals surface area contributed by atoms with E-state index in [0.717, 1.165) is 12.1 Å². The van der Waals surface area contributed by atoms with E-state index in [0.29, 0.717) is 17.5 Å². The second-order valence-electron chi connectivity index (χ2n) is 5.18. The van der Waals surface area contributed by atoms with E-state index in [1.54, 1.807) is 12.1 Å². The molecule has 0 fully saturated rings. The summed E-state index contributed by atoms with van der Waals surface area (Å²) in [6.07, 6.45) is 1.10. The Morgan fingerprint density at radius 1 is 1.17 bits per heavy atom. The molecule has 1 aromatic carbocycles. The first-order valence-electron chi connectivity index (χ1n) is 6.12. The molecule has 0 aromatic heterocycles. The Morgan fingerprint density at radius 2 is 1.72 bits per heavy atom. The minimum absolute atomic E-state index is 0.116. The molecule has 1 rings (SSSR count). The summed E-state index contributed by atoms with van der Waals surface area (Å²) in [6.45, 7) is 6.51. The van der Waals surface area contributed by atoms with E-state index >= 15 is 0 Å². The monoisotopic (exact) mass is 270 g/mol. The summed E-state index contributed by atoms with van der Waals surface area (Å²) in [4.78, 5) is 0. The molecule has 0 saturated heterocycles. The number of primary sulfonamides is 1. The molecule has 1 aromatic rings. The van der Waals surface area contributed by atoms with Gasteiger partial charge in [-0.05, 0) is 37.0 Å². The van der Waals surface area contributed by atoms with Crippen molar-refractivity contribution in [3.05, 3.63) is 29.8 Å². The number of nitrogens with two attached hydrogens (primary N) is 1. The summed E-state index contributed by atoms with van der Waals surface area (Å²) in [5.41, 5.74) is 1.71. The van der Waals surface area contributed by atoms with E-state index in [-0.39, 0.29) is 5.75 Å². The summed E-state index contributed by atoms with van der Waals surface area (Å²) < 4.78 is 21.9. The molecule has 1 unspecified atom stereocenters. The van der Waals surface area contributed by atoms with Gasteiger partial charge >= 0.3 is 0 Å². The van der Waals surface area contributed by atoms with Gasteiger partial charge in [-0.2, -0.15) is 0 Å². The Kier molecular flexibility index (Phi) is 5.16. The molecule has 0 bridgehead atoms. The van der Waals surface area contributed by atoms with Crippen LogP contribution in [-0.4, -0.2) is 14.5 Å². The molecule has 0 heterocycles. The molecule has 0 spiro atoms. The zero-order valence-corrected chi connectivity index (χ0v) is 12.0. The summed E-state index contributed by atoms with van der Waals surface area (Å²) in [7, 11) is -3.45. The lowest BCUT2D eigenvalue weighted by Gasteiger charge is -2.17. The fraction of sp³-hybridized carbons (Fsp3) is 0.538. The summed E-state index contributed by atoms with van der Waals surface area (Å²) in [5.74, 6) is 0.531. The zero-order valence-electron chi connectivity index (χ0n) is 11.2. The topological polar surface area (TPSA) is 72.2 Å². The predicted molar refractivity (Wildman–Crippen MR) is 75.8 cm³/mol. The molecule has 0 saturated carbocycles. The molecule has 4 nitrogen and oxygen atoms in total. The first kappa shape index (κ1) is 15.0. The maximum Gasteiger partial charge on any atom is 0.213 e. The van der Waals surface area contributed by atoms with Crippen molar-refractivity contribution in [3.8, 4) is 0 Å². The van der Waals surface area contributed by atoms with Crippen molar-refractivity contribution in [1.29, 1.82) is 0 Å². The maximum absolute atomic E-state index is 10.9. The predicted octanol–water partition coefficient (Wildman–Crippen LogP) is 2.32. The number of nitrogens with one attached hydrogen (secondary N) is 1. The molecule has 0 radical (unpaired) electrons. The average molecular weight is 270 g/mol. The molecule has 18 heavy (non-hydrogen) atoms. The minimum atomic E-state index is -3.45. The van der Waals surface area contributed by atoms with Gasteiger partial charge in [0.2, 0.25) is 10.0 Å². The number of benzene rings is 1. The zero-order chi connectivity index (χ0) is 13.8. The molecule has 3 N–H and O–H groups in total. The molecule has 0 aliphatic heterocycles. The van der Waals surface area contributed by atoms with Gasteiger partial charge in [-0.3, -0.25) is 0 Å². The lowest BCUT2D eigenvalue weighted by atomic mass is 10.0. The standard InChI is InChI=1S/C13H22N2O2S/c1-10(2)8-11(3)15-13-6-4-12(5-7-13)9-18(14,16)17/h4-7,10-11,15H,8-9H2,1-3H3,(H2,14,16,17). The van der Waals surface area contributed by atoms with Gasteiger partial charge in [-0.15, -0.1) is 0 Å². The largest absolute Gasteiger partial charge is 0.383 e. The third-order valence-electron chi connectivity index (χ3n) is 2.56. The first-order chi connectivity index (χ1) is 8.26. The Labute approximate surface area is 110 Å². The van der Waals surface area contributed by atoms with Crippen molar-refractivity contribution in [2.75, 3.05) is 5.32 Å². The lowest BCUT2D eigenvalue weighted by Crippen LogP contribution is -2.17. The summed E-state index contributed by atoms with van der Waals surface area (Å²) in [5, 5.41) is 8.38. The van der Waals surface area contributed by atoms with Crippen molar-refractivity contribution in [1.82, 2.24) is 0 Å². The van der Waals surface area contributed by atoms with E-state index < -0.39 is 10.0 Å². The van der Waals surface area contributed by atoms with Crippen LogP contribution >= 0.6 is 0 Å². The van der Waals surface area contributed by atoms with Gasteiger partial charge in [0.25, 0.3) is 0 Å². The van der Waals surface area contributed by atoms with Crippen molar-refractivity contribution in [2.24, 2.45) is 11.1 Å². The molecule has 0 aliphatic rings. The Hall–Kier alpha value is -1.07. The van der Waals surface area contributed by atoms with Crippen LogP contribution in [0, 0.1) is 5.92 Å². The van der Waals surface area contributed by atoms with Crippen LogP contribution in [-0.2, 0) is 15.8 Å². The van der Waals surface area contributed by atoms with E-state index in [1.165, 1.54) is 0 Å². The van der Waals surface area contributed by atoms with Crippen LogP contribution in [0.15, 0.2) is 24.3 Å². The van der Waals surface area contributed by atoms with Gasteiger partial charge in [0.15, 0.2) is 0 Å². The Morgan fingerprint density at radius 3 is 2.17 bits per heavy atom. The molecular weight excluding hydrogens is 248 g/mol. The van der Waals surface area contributed by atoms with Gasteiger partial charge in [0.1, 0.15) is 0 Å². The Balaban J connectivity index is 2.60. The van der Waals surface area contributed by atoms with Crippen LogP contribution in [0.25, 0.3) is 0 Å². The van der Waals surface area contributed by atoms with Crippen LogP contribution in [0.3, 0.4) is 0 Å². The molecule has 5 heteroatoms. The van der Waals surface area contributed by atoms with Gasteiger partial charge in [0, 0.05) is 11.7 Å². The smallest absolute Gasteiger partial charge is 0.213 e. The molecule has 1 atom stereocenters. The third kappa shape index (κ3) is 6.02. The number of sulfonamides is 1. The molecule has 0 aliphatic carbocycles. The maximum atomic E-state index is 10.9. The highest BCUT2D eigenvalue weighted by molar-refractivity contribution is 7.88. The van der Waals surface area contributed by atoms with E-state index in [4.69, 9.17) is 5.14 Å². The quantitative estimate of drug-likeness (QED) is 0.833. The normalized spacial score (nSPS) is 13.6. The third-order valence-corrected chi connectivity index (χ3v) is 3.30. The number of hydrogen-bond donors (Lipinski definition) is 2. The fourth-order valence-corrected chi connectivity index (χ4v) is 2.64. The van der Waals surface area contributed by atoms with E-state index in [2.05, 4.69) is 26.1 Å². The van der Waals surface area contributed by atoms with E-state index in [9.17, 15) is 8.42 Å². The summed E-state index contributed by atoms with van der Waals surface area (Å²) in [6, 6.07) is 7.74. The van der Waals surface area contributed by atoms with Crippen molar-refractivity contribution < 1.29 is 8.42 Å². The van der Waals surface area contributed by atoms with Crippen LogP contribution in [0.5, 0.6) is 0 Å². The highest BCUT2D eigenvalue weighted by atomic mass is 32.2. The van der Waals surface area contributed by atoms with E-state index in [1.807, 2.05) is 12.1 Å². The van der Waals surface area contributed by atoms with Gasteiger partial charge in [-0.25, -0.2) is 13.6 Å². The number of anilines is 1. The second-order valence-corrected chi connectivity index (χ2v) is 6.79. The van der Waals surface area contributed by atoms with Gasteiger partial charge in [0.05, 0.1) is 5.75 Å². The van der Waals surface area contributed by atoms with Crippen LogP contribution in [0.1, 0.15) is 32.8 Å². The van der Waals surface area contributed by atoms with Crippen LogP contribution < -0.4 is 10.5 Å². The lowest BCUT2D eigenvalue weighted by molar-refractivity contribution is 0.540. The van der Waals surface area contributed by atoms with Crippen LogP contribution in [0.2, 0.25) is 0 Å². The van der Waals surface area contributed by atoms with Gasteiger partial charge < -0.3 is 5.32 Å². The minimum Gasteiger partial charge on any atom is -0.383 e. The second kappa shape index (κ2) is 6.20. The van der Waals surface area contributed by atoms with Crippen molar-refractivity contribution in [2.45, 2.75) is 39.0 Å². The van der Waals surface area contributed by atoms with Gasteiger partial charge in [-0.1, -0.05) is 26.0 Å². The SMILES string of the molecule is CC(C)CC(C)Nc1ccc(CS(N)(=O)=O)cc1. The summed E-state index contributed by atoms with van der Waals surface area (Å²) >= 11 is 0. The van der Waals surface area contributed by atoms with Crippen LogP contribution in [0.4, 0.5) is 5.69 Å². The molecule has 102 valence electrons. The first-order valence-corrected chi connectivity index (χ1v) is 7.84. The molecule has 0 amide bonds. The fourth-order valence-electron chi connectivity index (χ4n) is 1.98. The number of hydrogen-bond acceptors (Lipinski definition) is 3. The Bertz CT molecular complexity index is 466. The van der Waals surface area contributed by atoms with Crippen molar-refractivity contribution in [3.63, 3.8) is 0 Å². The average Bonchev–Trinajstić information content (AvgIpc) is 2.17. The highest BCUT2D eigenvalue weighted by Crippen LogP contribution is 2.14. The van der Waals surface area contributed by atoms with Crippen molar-refractivity contribution >= 4 is 15.7 Å².